The van der Waals surface area contributed by atoms with E-state index in [1.54, 1.807) is 0 Å². The van der Waals surface area contributed by atoms with Crippen LogP contribution in [-0.4, -0.2) is 23.1 Å². The summed E-state index contributed by atoms with van der Waals surface area (Å²) in [5, 5.41) is 11.0. The molecule has 0 heterocycles. The molecule has 0 spiro atoms. The molecule has 2 aliphatic carbocycles. The maximum absolute atomic E-state index is 13.0. The van der Waals surface area contributed by atoms with Crippen LogP contribution in [0.4, 0.5) is 38.5 Å². The Labute approximate surface area is 175 Å². The monoisotopic (exact) mass is 436 g/mol. The van der Waals surface area contributed by atoms with Crippen LogP contribution >= 0.6 is 0 Å². The molecule has 2 aromatic rings. The van der Waals surface area contributed by atoms with Crippen molar-refractivity contribution in [1.82, 2.24) is 10.6 Å². The molecular formula is C21H20F4N4O2. The Hall–Kier alpha value is -3.30. The summed E-state index contributed by atoms with van der Waals surface area (Å²) in [5.74, 6) is -0.412. The molecule has 6 nitrogen and oxygen atoms in total. The van der Waals surface area contributed by atoms with Gasteiger partial charge < -0.3 is 21.3 Å². The number of urea groups is 2. The lowest BCUT2D eigenvalue weighted by molar-refractivity contribution is -0.137. The summed E-state index contributed by atoms with van der Waals surface area (Å²) in [5.41, 5.74) is -1.33. The molecule has 2 fully saturated rings. The summed E-state index contributed by atoms with van der Waals surface area (Å²) >= 11 is 0. The molecule has 0 aliphatic heterocycles. The third-order valence-electron chi connectivity index (χ3n) is 5.69. The minimum absolute atomic E-state index is 0.230. The maximum atomic E-state index is 13.0. The largest absolute Gasteiger partial charge is 0.416 e. The molecule has 0 unspecified atom stereocenters. The summed E-state index contributed by atoms with van der Waals surface area (Å²) < 4.78 is 51.0. The van der Waals surface area contributed by atoms with Gasteiger partial charge >= 0.3 is 18.2 Å². The average molecular weight is 436 g/mol. The van der Waals surface area contributed by atoms with Crippen LogP contribution in [0.25, 0.3) is 0 Å². The summed E-state index contributed by atoms with van der Waals surface area (Å²) in [7, 11) is 0. The highest BCUT2D eigenvalue weighted by atomic mass is 19.4. The van der Waals surface area contributed by atoms with Gasteiger partial charge in [-0.1, -0.05) is 0 Å². The number of nitrogens with one attached hydrogen (secondary N) is 4. The lowest BCUT2D eigenvalue weighted by atomic mass is 10.0. The Kier molecular flexibility index (Phi) is 5.03. The van der Waals surface area contributed by atoms with Crippen molar-refractivity contribution in [2.45, 2.75) is 42.9 Å². The van der Waals surface area contributed by atoms with Crippen molar-refractivity contribution in [1.29, 1.82) is 0 Å². The van der Waals surface area contributed by atoms with Crippen LogP contribution in [0, 0.1) is 5.82 Å². The second-order valence-corrected chi connectivity index (χ2v) is 7.90. The highest BCUT2D eigenvalue weighted by Crippen LogP contribution is 2.57. The fraction of sp³-hybridized carbons (Fsp3) is 0.333. The number of carbonyl (C=O) groups is 2. The van der Waals surface area contributed by atoms with Crippen LogP contribution in [-0.2, 0) is 6.18 Å². The van der Waals surface area contributed by atoms with E-state index in [-0.39, 0.29) is 5.69 Å². The Morgan fingerprint density at radius 3 is 1.45 bits per heavy atom. The minimum atomic E-state index is -4.45. The predicted octanol–water partition coefficient (Wildman–Crippen LogP) is 4.85. The number of rotatable bonds is 5. The molecule has 2 aliphatic rings. The predicted molar refractivity (Wildman–Crippen MR) is 106 cm³/mol. The van der Waals surface area contributed by atoms with Crippen molar-refractivity contribution in [2.75, 3.05) is 10.6 Å². The first-order valence-corrected chi connectivity index (χ1v) is 9.72. The first-order chi connectivity index (χ1) is 14.6. The SMILES string of the molecule is O=C(Nc1ccc(F)cc1)NC1(C2(NC(=O)Nc3ccc(C(F)(F)F)cc3)CC2)CC1. The van der Waals surface area contributed by atoms with Crippen molar-refractivity contribution in [3.8, 4) is 0 Å². The van der Waals surface area contributed by atoms with E-state index in [9.17, 15) is 27.2 Å². The van der Waals surface area contributed by atoms with Gasteiger partial charge in [0, 0.05) is 11.4 Å². The van der Waals surface area contributed by atoms with Gasteiger partial charge in [-0.3, -0.25) is 0 Å². The van der Waals surface area contributed by atoms with E-state index in [0.29, 0.717) is 31.4 Å². The first kappa shape index (κ1) is 21.0. The smallest absolute Gasteiger partial charge is 0.330 e. The van der Waals surface area contributed by atoms with Crippen molar-refractivity contribution in [3.63, 3.8) is 0 Å². The number of carbonyl (C=O) groups excluding carboxylic acids is 2. The first-order valence-electron chi connectivity index (χ1n) is 9.72. The minimum Gasteiger partial charge on any atom is -0.330 e. The van der Waals surface area contributed by atoms with Gasteiger partial charge in [-0.15, -0.1) is 0 Å². The summed E-state index contributed by atoms with van der Waals surface area (Å²) in [6.07, 6.45) is -1.74. The van der Waals surface area contributed by atoms with Crippen molar-refractivity contribution in [3.05, 3.63) is 59.9 Å². The number of halogens is 4. The molecule has 4 rings (SSSR count). The van der Waals surface area contributed by atoms with Crippen LogP contribution in [0.1, 0.15) is 31.2 Å². The van der Waals surface area contributed by atoms with E-state index in [2.05, 4.69) is 21.3 Å². The molecule has 0 radical (unpaired) electrons. The van der Waals surface area contributed by atoms with Gasteiger partial charge in [0.25, 0.3) is 0 Å². The van der Waals surface area contributed by atoms with Gasteiger partial charge in [-0.2, -0.15) is 13.2 Å². The fourth-order valence-corrected chi connectivity index (χ4v) is 3.73. The molecule has 0 bridgehead atoms. The summed E-state index contributed by atoms with van der Waals surface area (Å²) in [4.78, 5) is 24.8. The maximum Gasteiger partial charge on any atom is 0.416 e. The number of hydrogen-bond acceptors (Lipinski definition) is 2. The highest BCUT2D eigenvalue weighted by Gasteiger charge is 2.67. The zero-order valence-corrected chi connectivity index (χ0v) is 16.3. The van der Waals surface area contributed by atoms with Crippen LogP contribution in [0.5, 0.6) is 0 Å². The van der Waals surface area contributed by atoms with Gasteiger partial charge in [0.15, 0.2) is 0 Å². The van der Waals surface area contributed by atoms with Gasteiger partial charge in [-0.05, 0) is 74.2 Å². The van der Waals surface area contributed by atoms with Crippen molar-refractivity contribution < 1.29 is 27.2 Å². The van der Waals surface area contributed by atoms with Crippen LogP contribution in [0.2, 0.25) is 0 Å². The van der Waals surface area contributed by atoms with Crippen LogP contribution < -0.4 is 21.3 Å². The number of anilines is 2. The van der Waals surface area contributed by atoms with E-state index in [4.69, 9.17) is 0 Å². The van der Waals surface area contributed by atoms with Gasteiger partial charge in [0.2, 0.25) is 0 Å². The van der Waals surface area contributed by atoms with Gasteiger partial charge in [0.1, 0.15) is 5.82 Å². The van der Waals surface area contributed by atoms with E-state index >= 15 is 0 Å². The van der Waals surface area contributed by atoms with E-state index in [0.717, 1.165) is 12.1 Å². The lowest BCUT2D eigenvalue weighted by Gasteiger charge is -2.29. The quantitative estimate of drug-likeness (QED) is 0.506. The Morgan fingerprint density at radius 1 is 0.710 bits per heavy atom. The Morgan fingerprint density at radius 2 is 1.10 bits per heavy atom. The molecule has 2 aromatic carbocycles. The van der Waals surface area contributed by atoms with E-state index in [1.807, 2.05) is 0 Å². The number of hydrogen-bond donors (Lipinski definition) is 4. The molecule has 2 saturated carbocycles. The summed E-state index contributed by atoms with van der Waals surface area (Å²) in [6, 6.07) is 8.50. The molecule has 164 valence electrons. The number of alkyl halides is 3. The fourth-order valence-electron chi connectivity index (χ4n) is 3.73. The standard InChI is InChI=1S/C21H20F4N4O2/c22-14-3-7-16(8-4-14)27-18(31)29-20(11-12-20)19(9-10-19)28-17(30)26-15-5-1-13(2-6-15)21(23,24)25/h1-8H,9-12H2,(H2,26,28,30)(H2,27,29,31). The molecule has 4 amide bonds. The molecule has 0 atom stereocenters. The molecule has 0 saturated heterocycles. The second-order valence-electron chi connectivity index (χ2n) is 7.90. The summed E-state index contributed by atoms with van der Waals surface area (Å²) in [6.45, 7) is 0. The van der Waals surface area contributed by atoms with Crippen molar-refractivity contribution in [2.24, 2.45) is 0 Å². The lowest BCUT2D eigenvalue weighted by Crippen LogP contribution is -2.57. The highest BCUT2D eigenvalue weighted by molar-refractivity contribution is 5.92. The number of benzene rings is 2. The molecular weight excluding hydrogens is 416 g/mol. The second kappa shape index (κ2) is 7.44. The van der Waals surface area contributed by atoms with Crippen LogP contribution in [0.3, 0.4) is 0 Å². The Balaban J connectivity index is 1.34. The molecule has 10 heteroatoms. The van der Waals surface area contributed by atoms with Gasteiger partial charge in [0.05, 0.1) is 16.6 Å². The normalized spacial score (nSPS) is 17.9. The zero-order chi connectivity index (χ0) is 22.3. The van der Waals surface area contributed by atoms with E-state index < -0.39 is 40.7 Å². The van der Waals surface area contributed by atoms with Crippen molar-refractivity contribution >= 4 is 23.4 Å². The zero-order valence-electron chi connectivity index (χ0n) is 16.3. The van der Waals surface area contributed by atoms with Crippen LogP contribution in [0.15, 0.2) is 48.5 Å². The third kappa shape index (κ3) is 4.57. The Bertz CT molecular complexity index is 982. The molecule has 0 aromatic heterocycles. The number of amides is 4. The van der Waals surface area contributed by atoms with E-state index in [1.165, 1.54) is 36.4 Å². The average Bonchev–Trinajstić information content (AvgIpc) is 3.61. The van der Waals surface area contributed by atoms with Gasteiger partial charge in [-0.25, -0.2) is 14.0 Å². The third-order valence-corrected chi connectivity index (χ3v) is 5.69. The topological polar surface area (TPSA) is 82.3 Å². The molecule has 4 N–H and O–H groups in total. The molecule has 31 heavy (non-hydrogen) atoms.